The Labute approximate surface area is 196 Å². The van der Waals surface area contributed by atoms with Crippen LogP contribution in [0.4, 0.5) is 8.78 Å². The van der Waals surface area contributed by atoms with E-state index in [1.54, 1.807) is 24.8 Å². The van der Waals surface area contributed by atoms with Gasteiger partial charge in [0.05, 0.1) is 21.2 Å². The number of likely N-dealkylation sites (tertiary alicyclic amines) is 1. The highest BCUT2D eigenvalue weighted by molar-refractivity contribution is 6.39. The number of rotatable bonds is 6. The number of aromatic amines is 1. The average molecular weight is 463 g/mol. The first-order chi connectivity index (χ1) is 16.1. The molecule has 4 radical (unpaired) electrons. The number of pyridine rings is 1. The van der Waals surface area contributed by atoms with Crippen molar-refractivity contribution >= 4 is 32.6 Å². The first-order valence-corrected chi connectivity index (χ1v) is 10.7. The van der Waals surface area contributed by atoms with Gasteiger partial charge in [-0.25, -0.2) is 14.4 Å². The number of amides is 1. The van der Waals surface area contributed by atoms with Crippen molar-refractivity contribution in [1.29, 1.82) is 0 Å². The molecule has 2 aromatic heterocycles. The number of hydrogen-bond acceptors (Lipinski definition) is 6. The zero-order valence-corrected chi connectivity index (χ0v) is 18.9. The molecule has 2 atom stereocenters. The largest absolute Gasteiger partial charge is 0.483 e. The van der Waals surface area contributed by atoms with E-state index in [1.807, 2.05) is 0 Å². The first kappa shape index (κ1) is 23.9. The molecule has 2 N–H and O–H groups in total. The summed E-state index contributed by atoms with van der Waals surface area (Å²) in [6.45, 7) is 3.70. The van der Waals surface area contributed by atoms with E-state index in [-0.39, 0.29) is 34.6 Å². The number of nitrogens with one attached hydrogen (secondary N) is 2. The summed E-state index contributed by atoms with van der Waals surface area (Å²) in [6.07, 6.45) is -0.102. The maximum absolute atomic E-state index is 15.3. The van der Waals surface area contributed by atoms with Crippen molar-refractivity contribution in [3.63, 3.8) is 0 Å². The summed E-state index contributed by atoms with van der Waals surface area (Å²) in [4.78, 5) is 35.6. The Hall–Kier alpha value is -3.27. The number of carbonyl (C=O) groups is 1. The molecule has 3 aromatic rings. The maximum atomic E-state index is 15.3. The van der Waals surface area contributed by atoms with Gasteiger partial charge in [-0.1, -0.05) is 13.0 Å². The Kier molecular flexibility index (Phi) is 6.20. The molecule has 1 aliphatic heterocycles. The number of aromatic nitrogens is 3. The molecule has 0 spiro atoms. The fourth-order valence-electron chi connectivity index (χ4n) is 3.99. The van der Waals surface area contributed by atoms with Crippen LogP contribution in [0.15, 0.2) is 29.1 Å². The smallest absolute Gasteiger partial charge is 0.270 e. The predicted octanol–water partition coefficient (Wildman–Crippen LogP) is 1.12. The van der Waals surface area contributed by atoms with Gasteiger partial charge in [-0.2, -0.15) is 4.39 Å². The van der Waals surface area contributed by atoms with Crippen LogP contribution in [0.5, 0.6) is 5.75 Å². The zero-order valence-electron chi connectivity index (χ0n) is 18.9. The Morgan fingerprint density at radius 2 is 2.03 bits per heavy atom. The monoisotopic (exact) mass is 463 g/mol. The molecule has 1 aliphatic rings. The third kappa shape index (κ3) is 3.96. The molecule has 1 fully saturated rings. The van der Waals surface area contributed by atoms with E-state index in [0.717, 1.165) is 0 Å². The van der Waals surface area contributed by atoms with Crippen molar-refractivity contribution in [2.45, 2.75) is 37.8 Å². The fourth-order valence-corrected chi connectivity index (χ4v) is 3.99. The van der Waals surface area contributed by atoms with Crippen LogP contribution < -0.4 is 15.6 Å². The van der Waals surface area contributed by atoms with Crippen LogP contribution in [0.25, 0.3) is 11.0 Å². The summed E-state index contributed by atoms with van der Waals surface area (Å²) in [5.41, 5.74) is -0.0825. The number of nitrogens with zero attached hydrogens (tertiary/aromatic N) is 3. The van der Waals surface area contributed by atoms with Gasteiger partial charge in [0.2, 0.25) is 0 Å². The topological polar surface area (TPSA) is 100 Å². The van der Waals surface area contributed by atoms with Gasteiger partial charge in [-0.3, -0.25) is 9.59 Å². The number of halogens is 2. The normalized spacial score (nSPS) is 18.5. The van der Waals surface area contributed by atoms with Crippen molar-refractivity contribution < 1.29 is 18.3 Å². The van der Waals surface area contributed by atoms with Gasteiger partial charge in [-0.15, -0.1) is 0 Å². The van der Waals surface area contributed by atoms with E-state index in [0.29, 0.717) is 12.1 Å². The Morgan fingerprint density at radius 3 is 2.65 bits per heavy atom. The Balaban J connectivity index is 1.55. The molecule has 8 nitrogen and oxygen atoms in total. The molecule has 172 valence electrons. The van der Waals surface area contributed by atoms with Crippen LogP contribution in [-0.4, -0.2) is 67.2 Å². The minimum absolute atomic E-state index is 0.0326. The van der Waals surface area contributed by atoms with E-state index in [2.05, 4.69) is 20.3 Å². The van der Waals surface area contributed by atoms with Gasteiger partial charge < -0.3 is 19.9 Å². The number of fused-ring (bicyclic) bond motifs is 1. The maximum Gasteiger partial charge on any atom is 0.270 e. The molecule has 34 heavy (non-hydrogen) atoms. The van der Waals surface area contributed by atoms with Gasteiger partial charge >= 0.3 is 0 Å². The lowest BCUT2D eigenvalue weighted by Crippen LogP contribution is -2.68. The van der Waals surface area contributed by atoms with E-state index in [4.69, 9.17) is 20.4 Å². The SMILES string of the molecule is [B]C([B])(c1ccc2nc(CC)c(=O)[nH]c2c1F)N1C[C@H](Oc2ccc(C(=O)NC)nc2F)[C@H]1C. The number of H-pyrrole nitrogens is 1. The molecule has 3 heterocycles. The number of aryl methyl sites for hydroxylation is 1. The molecule has 1 aromatic carbocycles. The second-order valence-corrected chi connectivity index (χ2v) is 8.13. The molecule has 4 rings (SSSR count). The minimum atomic E-state index is -1.74. The molecule has 1 saturated heterocycles. The van der Waals surface area contributed by atoms with Gasteiger partial charge in [0, 0.05) is 19.6 Å². The average Bonchev–Trinajstić information content (AvgIpc) is 2.81. The number of benzene rings is 1. The van der Waals surface area contributed by atoms with Crippen LogP contribution in [0.2, 0.25) is 0 Å². The van der Waals surface area contributed by atoms with E-state index >= 15 is 4.39 Å². The minimum Gasteiger partial charge on any atom is -0.483 e. The number of ether oxygens (including phenoxy) is 1. The van der Waals surface area contributed by atoms with Crippen molar-refractivity contribution in [3.05, 3.63) is 63.3 Å². The molecule has 0 unspecified atom stereocenters. The lowest BCUT2D eigenvalue weighted by atomic mass is 9.55. The second kappa shape index (κ2) is 8.83. The highest BCUT2D eigenvalue weighted by Gasteiger charge is 2.46. The lowest BCUT2D eigenvalue weighted by Gasteiger charge is -2.55. The second-order valence-electron chi connectivity index (χ2n) is 8.13. The van der Waals surface area contributed by atoms with Crippen LogP contribution in [0.3, 0.4) is 0 Å². The molecule has 0 bridgehead atoms. The fraction of sp³-hybridized carbons (Fsp3) is 0.364. The molecule has 0 aliphatic carbocycles. The summed E-state index contributed by atoms with van der Waals surface area (Å²) < 4.78 is 35.3. The summed E-state index contributed by atoms with van der Waals surface area (Å²) >= 11 is 0. The summed E-state index contributed by atoms with van der Waals surface area (Å²) in [5, 5.41) is 0.625. The third-order valence-corrected chi connectivity index (χ3v) is 6.08. The van der Waals surface area contributed by atoms with Crippen LogP contribution in [-0.2, 0) is 11.8 Å². The quantitative estimate of drug-likeness (QED) is 0.420. The van der Waals surface area contributed by atoms with E-state index < -0.39 is 40.7 Å². The molecular weight excluding hydrogens is 442 g/mol. The van der Waals surface area contributed by atoms with Gasteiger partial charge in [0.25, 0.3) is 17.4 Å². The van der Waals surface area contributed by atoms with Crippen LogP contribution >= 0.6 is 0 Å². The first-order valence-electron chi connectivity index (χ1n) is 10.7. The van der Waals surface area contributed by atoms with Gasteiger partial charge in [-0.05, 0) is 42.4 Å². The third-order valence-electron chi connectivity index (χ3n) is 6.08. The van der Waals surface area contributed by atoms with Gasteiger partial charge in [0.1, 0.15) is 23.0 Å². The Morgan fingerprint density at radius 1 is 1.29 bits per heavy atom. The van der Waals surface area contributed by atoms with Crippen molar-refractivity contribution in [3.8, 4) is 5.75 Å². The van der Waals surface area contributed by atoms with Gasteiger partial charge in [0.15, 0.2) is 11.6 Å². The standard InChI is InChI=1S/C22H21B2F2N5O3/c1-4-12-21(33)30-18-13(28-12)6-5-11(17(18)25)22(23,24)31-9-16(10(31)2)34-15-8-7-14(20(32)27-3)29-19(15)26/h5-8,10,16H,4,9H2,1-3H3,(H,27,32)(H,30,33)/t10-,16+/m1/s1. The van der Waals surface area contributed by atoms with Crippen molar-refractivity contribution in [2.24, 2.45) is 0 Å². The number of carbonyl (C=O) groups excluding carboxylic acids is 1. The molecule has 12 heteroatoms. The Bertz CT molecular complexity index is 1330. The number of hydrogen-bond donors (Lipinski definition) is 2. The summed E-state index contributed by atoms with van der Waals surface area (Å²) in [7, 11) is 14.1. The van der Waals surface area contributed by atoms with E-state index in [9.17, 15) is 14.0 Å². The zero-order chi connectivity index (χ0) is 24.8. The summed E-state index contributed by atoms with van der Waals surface area (Å²) in [5.74, 6) is -2.35. The molecular formula is C22H21B2F2N5O3. The molecule has 1 amide bonds. The predicted molar refractivity (Wildman–Crippen MR) is 123 cm³/mol. The van der Waals surface area contributed by atoms with Crippen molar-refractivity contribution in [1.82, 2.24) is 25.2 Å². The molecule has 0 saturated carbocycles. The highest BCUT2D eigenvalue weighted by atomic mass is 19.1. The summed E-state index contributed by atoms with van der Waals surface area (Å²) in [6, 6.07) is 5.23. The van der Waals surface area contributed by atoms with Crippen LogP contribution in [0.1, 0.15) is 35.6 Å². The highest BCUT2D eigenvalue weighted by Crippen LogP contribution is 2.36. The van der Waals surface area contributed by atoms with Crippen molar-refractivity contribution in [2.75, 3.05) is 13.6 Å². The van der Waals surface area contributed by atoms with E-state index in [1.165, 1.54) is 25.2 Å². The lowest BCUT2D eigenvalue weighted by molar-refractivity contribution is -0.0589. The van der Waals surface area contributed by atoms with Crippen LogP contribution in [0, 0.1) is 11.8 Å².